The minimum atomic E-state index is -3.62. The van der Waals surface area contributed by atoms with Gasteiger partial charge in [0.1, 0.15) is 0 Å². The lowest BCUT2D eigenvalue weighted by Gasteiger charge is -2.31. The molecule has 6 nitrogen and oxygen atoms in total. The summed E-state index contributed by atoms with van der Waals surface area (Å²) in [6.07, 6.45) is 3.34. The first-order chi connectivity index (χ1) is 15.4. The third-order valence-electron chi connectivity index (χ3n) is 6.37. The highest BCUT2D eigenvalue weighted by atomic mass is 35.5. The minimum Gasteiger partial charge on any atom is -0.356 e. The van der Waals surface area contributed by atoms with Crippen LogP contribution in [-0.4, -0.2) is 56.3 Å². The fourth-order valence-electron chi connectivity index (χ4n) is 4.53. The molecule has 1 saturated heterocycles. The quantitative estimate of drug-likeness (QED) is 0.624. The molecule has 1 atom stereocenters. The Balaban J connectivity index is 1.24. The zero-order valence-electron chi connectivity index (χ0n) is 18.2. The zero-order valence-corrected chi connectivity index (χ0v) is 19.7. The number of amides is 1. The number of piperidine rings is 1. The molecule has 0 aliphatic carbocycles. The molecule has 8 heteroatoms. The lowest BCUT2D eigenvalue weighted by molar-refractivity contribution is -0.126. The molecule has 2 aromatic carbocycles. The first-order valence-electron chi connectivity index (χ1n) is 11.3. The third kappa shape index (κ3) is 5.52. The Morgan fingerprint density at radius 3 is 2.59 bits per heavy atom. The average Bonchev–Trinajstić information content (AvgIpc) is 2.82. The van der Waals surface area contributed by atoms with E-state index in [9.17, 15) is 13.2 Å². The van der Waals surface area contributed by atoms with Crippen molar-refractivity contribution >= 4 is 27.5 Å². The van der Waals surface area contributed by atoms with Gasteiger partial charge in [-0.3, -0.25) is 9.69 Å². The summed E-state index contributed by atoms with van der Waals surface area (Å²) in [5.74, 6) is -0.363. The van der Waals surface area contributed by atoms with E-state index >= 15 is 0 Å². The standard InChI is InChI=1S/C24H30ClN3O3S/c25-22-8-10-23(11-9-22)32(30,31)28-15-3-7-21(18-28)24(29)26-13-4-14-27-16-12-19-5-1-2-6-20(19)17-27/h1-2,5-6,8-11,21H,3-4,7,12-18H2,(H,26,29)/t21-/m0/s1. The summed E-state index contributed by atoms with van der Waals surface area (Å²) >= 11 is 5.88. The maximum atomic E-state index is 12.9. The van der Waals surface area contributed by atoms with Crippen LogP contribution in [0.4, 0.5) is 0 Å². The van der Waals surface area contributed by atoms with E-state index in [0.717, 1.165) is 32.5 Å². The van der Waals surface area contributed by atoms with Crippen molar-refractivity contribution in [2.75, 3.05) is 32.7 Å². The van der Waals surface area contributed by atoms with Gasteiger partial charge < -0.3 is 5.32 Å². The average molecular weight is 476 g/mol. The number of sulfonamides is 1. The van der Waals surface area contributed by atoms with Gasteiger partial charge in [-0.1, -0.05) is 35.9 Å². The van der Waals surface area contributed by atoms with E-state index in [1.165, 1.54) is 27.6 Å². The molecule has 0 aromatic heterocycles. The highest BCUT2D eigenvalue weighted by molar-refractivity contribution is 7.89. The Kier molecular flexibility index (Phi) is 7.51. The molecule has 0 unspecified atom stereocenters. The molecule has 0 bridgehead atoms. The number of hydrogen-bond acceptors (Lipinski definition) is 4. The highest BCUT2D eigenvalue weighted by Gasteiger charge is 2.33. The fraction of sp³-hybridized carbons (Fsp3) is 0.458. The summed E-state index contributed by atoms with van der Waals surface area (Å²) < 4.78 is 27.3. The van der Waals surface area contributed by atoms with E-state index in [1.807, 2.05) is 0 Å². The number of fused-ring (bicyclic) bond motifs is 1. The lowest BCUT2D eigenvalue weighted by atomic mass is 9.98. The largest absolute Gasteiger partial charge is 0.356 e. The zero-order chi connectivity index (χ0) is 22.6. The molecule has 2 aliphatic heterocycles. The second-order valence-corrected chi connectivity index (χ2v) is 11.0. The van der Waals surface area contributed by atoms with Crippen LogP contribution in [0.25, 0.3) is 0 Å². The summed E-state index contributed by atoms with van der Waals surface area (Å²) in [5, 5.41) is 3.52. The van der Waals surface area contributed by atoms with Crippen LogP contribution in [0.2, 0.25) is 5.02 Å². The number of benzene rings is 2. The molecule has 2 heterocycles. The Hall–Kier alpha value is -1.93. The first kappa shape index (κ1) is 23.2. The minimum absolute atomic E-state index is 0.0509. The second-order valence-electron chi connectivity index (χ2n) is 8.60. The maximum Gasteiger partial charge on any atom is 0.243 e. The van der Waals surface area contributed by atoms with E-state index in [4.69, 9.17) is 11.6 Å². The van der Waals surface area contributed by atoms with Crippen LogP contribution in [0, 0.1) is 5.92 Å². The molecule has 0 spiro atoms. The van der Waals surface area contributed by atoms with Gasteiger partial charge in [0.15, 0.2) is 0 Å². The lowest BCUT2D eigenvalue weighted by Crippen LogP contribution is -2.45. The van der Waals surface area contributed by atoms with Crippen LogP contribution in [0.1, 0.15) is 30.4 Å². The van der Waals surface area contributed by atoms with Crippen LogP contribution in [0.3, 0.4) is 0 Å². The first-order valence-corrected chi connectivity index (χ1v) is 13.1. The smallest absolute Gasteiger partial charge is 0.243 e. The SMILES string of the molecule is O=C(NCCCN1CCc2ccccc2C1)[C@H]1CCCN(S(=O)(=O)c2ccc(Cl)cc2)C1. The number of hydrogen-bond donors (Lipinski definition) is 1. The van der Waals surface area contributed by atoms with Gasteiger partial charge in [0.05, 0.1) is 10.8 Å². The molecule has 172 valence electrons. The van der Waals surface area contributed by atoms with Gasteiger partial charge in [-0.05, 0) is 61.1 Å². The molecule has 0 saturated carbocycles. The molecular weight excluding hydrogens is 446 g/mol. The van der Waals surface area contributed by atoms with E-state index in [1.54, 1.807) is 12.1 Å². The Labute approximate surface area is 195 Å². The molecule has 0 radical (unpaired) electrons. The normalized spacial score (nSPS) is 20.0. The van der Waals surface area contributed by atoms with Gasteiger partial charge in [-0.2, -0.15) is 4.31 Å². The molecule has 4 rings (SSSR count). The molecular formula is C24H30ClN3O3S. The predicted octanol–water partition coefficient (Wildman–Crippen LogP) is 3.31. The topological polar surface area (TPSA) is 69.7 Å². The Morgan fingerprint density at radius 2 is 1.81 bits per heavy atom. The van der Waals surface area contributed by atoms with Crippen molar-refractivity contribution in [3.05, 3.63) is 64.7 Å². The number of carbonyl (C=O) groups excluding carboxylic acids is 1. The number of nitrogens with one attached hydrogen (secondary N) is 1. The molecule has 2 aliphatic rings. The van der Waals surface area contributed by atoms with E-state index in [-0.39, 0.29) is 23.3 Å². The van der Waals surface area contributed by atoms with Crippen molar-refractivity contribution in [2.24, 2.45) is 5.92 Å². The van der Waals surface area contributed by atoms with Gasteiger partial charge >= 0.3 is 0 Å². The van der Waals surface area contributed by atoms with Crippen LogP contribution >= 0.6 is 11.6 Å². The van der Waals surface area contributed by atoms with E-state index in [2.05, 4.69) is 34.5 Å². The predicted molar refractivity (Wildman–Crippen MR) is 126 cm³/mol. The highest BCUT2D eigenvalue weighted by Crippen LogP contribution is 2.25. The van der Waals surface area contributed by atoms with Crippen LogP contribution in [0.15, 0.2) is 53.4 Å². The van der Waals surface area contributed by atoms with Crippen molar-refractivity contribution < 1.29 is 13.2 Å². The molecule has 1 fully saturated rings. The van der Waals surface area contributed by atoms with Crippen molar-refractivity contribution in [3.8, 4) is 0 Å². The third-order valence-corrected chi connectivity index (χ3v) is 8.50. The van der Waals surface area contributed by atoms with Crippen LogP contribution < -0.4 is 5.32 Å². The molecule has 32 heavy (non-hydrogen) atoms. The van der Waals surface area contributed by atoms with Gasteiger partial charge in [-0.15, -0.1) is 0 Å². The van der Waals surface area contributed by atoms with Gasteiger partial charge in [0, 0.05) is 44.3 Å². The number of nitrogens with zero attached hydrogens (tertiary/aromatic N) is 2. The summed E-state index contributed by atoms with van der Waals surface area (Å²) in [5.41, 5.74) is 2.83. The summed E-state index contributed by atoms with van der Waals surface area (Å²) in [6.45, 7) is 4.22. The van der Waals surface area contributed by atoms with Crippen molar-refractivity contribution in [1.82, 2.24) is 14.5 Å². The van der Waals surface area contributed by atoms with Gasteiger partial charge in [0.2, 0.25) is 15.9 Å². The van der Waals surface area contributed by atoms with Gasteiger partial charge in [0.25, 0.3) is 0 Å². The summed E-state index contributed by atoms with van der Waals surface area (Å²) in [6, 6.07) is 14.7. The number of rotatable bonds is 7. The van der Waals surface area contributed by atoms with Crippen molar-refractivity contribution in [1.29, 1.82) is 0 Å². The number of halogens is 1. The summed E-state index contributed by atoms with van der Waals surface area (Å²) in [7, 11) is -3.62. The van der Waals surface area contributed by atoms with Crippen LogP contribution in [0.5, 0.6) is 0 Å². The molecule has 1 N–H and O–H groups in total. The van der Waals surface area contributed by atoms with E-state index < -0.39 is 10.0 Å². The molecule has 1 amide bonds. The monoisotopic (exact) mass is 475 g/mol. The molecule has 2 aromatic rings. The van der Waals surface area contributed by atoms with Crippen molar-refractivity contribution in [2.45, 2.75) is 37.1 Å². The Bertz CT molecular complexity index is 1040. The fourth-order valence-corrected chi connectivity index (χ4v) is 6.18. The van der Waals surface area contributed by atoms with Crippen molar-refractivity contribution in [3.63, 3.8) is 0 Å². The second kappa shape index (κ2) is 10.3. The Morgan fingerprint density at radius 1 is 1.06 bits per heavy atom. The summed E-state index contributed by atoms with van der Waals surface area (Å²) in [4.78, 5) is 15.3. The van der Waals surface area contributed by atoms with Gasteiger partial charge in [-0.25, -0.2) is 8.42 Å². The maximum absolute atomic E-state index is 12.9. The van der Waals surface area contributed by atoms with E-state index in [0.29, 0.717) is 31.0 Å². The number of carbonyl (C=O) groups is 1. The van der Waals surface area contributed by atoms with Crippen LogP contribution in [-0.2, 0) is 27.8 Å².